The van der Waals surface area contributed by atoms with E-state index in [0.717, 1.165) is 0 Å². The molecule has 0 radical (unpaired) electrons. The number of likely N-dealkylation sites (tertiary alicyclic amines) is 1. The van der Waals surface area contributed by atoms with Gasteiger partial charge >= 0.3 is 5.97 Å². The van der Waals surface area contributed by atoms with Crippen LogP contribution < -0.4 is 5.56 Å². The monoisotopic (exact) mass is 333 g/mol. The van der Waals surface area contributed by atoms with Crippen LogP contribution in [0.2, 0.25) is 0 Å². The van der Waals surface area contributed by atoms with Crippen LogP contribution in [-0.2, 0) is 9.53 Å². The van der Waals surface area contributed by atoms with E-state index in [-0.39, 0.29) is 41.0 Å². The maximum Gasteiger partial charge on any atom is 0.310 e. The first-order valence-electron chi connectivity index (χ1n) is 7.95. The van der Waals surface area contributed by atoms with E-state index < -0.39 is 5.56 Å². The third kappa shape index (κ3) is 2.79. The van der Waals surface area contributed by atoms with Crippen molar-refractivity contribution in [3.8, 4) is 0 Å². The van der Waals surface area contributed by atoms with Crippen molar-refractivity contribution in [2.75, 3.05) is 19.7 Å². The Bertz CT molecular complexity index is 838. The number of amides is 1. The predicted octanol–water partition coefficient (Wildman–Crippen LogP) is 1.24. The Morgan fingerprint density at radius 2 is 2.29 bits per heavy atom. The van der Waals surface area contributed by atoms with E-state index in [1.165, 1.54) is 6.33 Å². The zero-order chi connectivity index (χ0) is 17.3. The van der Waals surface area contributed by atoms with Crippen LogP contribution in [0.3, 0.4) is 0 Å². The van der Waals surface area contributed by atoms with Crippen molar-refractivity contribution in [3.63, 3.8) is 0 Å². The molecule has 0 aromatic carbocycles. The molecule has 3 heterocycles. The van der Waals surface area contributed by atoms with E-state index in [1.807, 2.05) is 0 Å². The Hall–Kier alpha value is -2.64. The lowest BCUT2D eigenvalue weighted by Gasteiger charge is -2.31. The van der Waals surface area contributed by atoms with Crippen LogP contribution >= 0.6 is 0 Å². The molecular formula is C16H19N3O5. The maximum absolute atomic E-state index is 12.9. The summed E-state index contributed by atoms with van der Waals surface area (Å²) in [6.07, 6.45) is 2.63. The predicted molar refractivity (Wildman–Crippen MR) is 84.6 cm³/mol. The second-order valence-electron chi connectivity index (χ2n) is 5.79. The molecule has 0 bridgehead atoms. The minimum Gasteiger partial charge on any atom is -0.466 e. The molecule has 2 aromatic heterocycles. The fraction of sp³-hybridized carbons (Fsp3) is 0.500. The number of H-pyrrole nitrogens is 1. The molecule has 1 aliphatic rings. The van der Waals surface area contributed by atoms with Gasteiger partial charge in [0.15, 0.2) is 0 Å². The highest BCUT2D eigenvalue weighted by atomic mass is 16.5. The number of carbonyl (C=O) groups is 2. The van der Waals surface area contributed by atoms with Crippen LogP contribution in [0.5, 0.6) is 0 Å². The number of piperidine rings is 1. The minimum atomic E-state index is -0.417. The Kier molecular flexibility index (Phi) is 4.37. The average Bonchev–Trinajstić information content (AvgIpc) is 2.92. The molecule has 3 rings (SSSR count). The Labute approximate surface area is 137 Å². The first-order chi connectivity index (χ1) is 11.5. The van der Waals surface area contributed by atoms with Gasteiger partial charge in [-0.1, -0.05) is 0 Å². The first kappa shape index (κ1) is 16.2. The van der Waals surface area contributed by atoms with Gasteiger partial charge in [0.05, 0.1) is 24.4 Å². The van der Waals surface area contributed by atoms with Crippen molar-refractivity contribution < 1.29 is 18.7 Å². The number of aromatic amines is 1. The molecule has 1 N–H and O–H groups in total. The summed E-state index contributed by atoms with van der Waals surface area (Å²) in [5.74, 6) is -0.600. The highest BCUT2D eigenvalue weighted by Crippen LogP contribution is 2.25. The van der Waals surface area contributed by atoms with Crippen molar-refractivity contribution in [1.82, 2.24) is 14.9 Å². The van der Waals surface area contributed by atoms with Crippen molar-refractivity contribution in [3.05, 3.63) is 28.0 Å². The van der Waals surface area contributed by atoms with Crippen LogP contribution in [0.4, 0.5) is 0 Å². The molecule has 1 aliphatic heterocycles. The summed E-state index contributed by atoms with van der Waals surface area (Å²) in [4.78, 5) is 44.9. The quantitative estimate of drug-likeness (QED) is 0.847. The highest BCUT2D eigenvalue weighted by Gasteiger charge is 2.32. The molecule has 24 heavy (non-hydrogen) atoms. The molecule has 1 amide bonds. The van der Waals surface area contributed by atoms with Gasteiger partial charge in [-0.25, -0.2) is 4.98 Å². The van der Waals surface area contributed by atoms with Crippen molar-refractivity contribution in [2.24, 2.45) is 5.92 Å². The molecule has 1 atom stereocenters. The number of hydrogen-bond acceptors (Lipinski definition) is 6. The molecule has 0 aliphatic carbocycles. The number of nitrogens with one attached hydrogen (secondary N) is 1. The number of ether oxygens (including phenoxy) is 1. The summed E-state index contributed by atoms with van der Waals surface area (Å²) in [5, 5.41) is 0.151. The second kappa shape index (κ2) is 6.46. The number of carbonyl (C=O) groups excluding carboxylic acids is 2. The minimum absolute atomic E-state index is 0.138. The number of fused-ring (bicyclic) bond motifs is 1. The lowest BCUT2D eigenvalue weighted by atomic mass is 9.97. The summed E-state index contributed by atoms with van der Waals surface area (Å²) < 4.78 is 10.5. The molecule has 1 fully saturated rings. The summed E-state index contributed by atoms with van der Waals surface area (Å²) in [6, 6.07) is 0. The molecule has 2 aromatic rings. The Morgan fingerprint density at radius 3 is 3.04 bits per heavy atom. The third-order valence-electron chi connectivity index (χ3n) is 4.21. The molecule has 0 spiro atoms. The largest absolute Gasteiger partial charge is 0.466 e. The van der Waals surface area contributed by atoms with Gasteiger partial charge in [-0.2, -0.15) is 0 Å². The standard InChI is InChI=1S/C16H19N3O5/c1-3-23-16(22)10-5-4-6-19(7-10)15(21)11-9(2)24-14-12(11)13(20)17-8-18-14/h8,10H,3-7H2,1-2H3,(H,17,18,20). The van der Waals surface area contributed by atoms with Crippen LogP contribution in [-0.4, -0.2) is 46.4 Å². The molecule has 8 nitrogen and oxygen atoms in total. The van der Waals surface area contributed by atoms with Crippen molar-refractivity contribution >= 4 is 23.0 Å². The van der Waals surface area contributed by atoms with Crippen LogP contribution in [0, 0.1) is 12.8 Å². The molecule has 1 saturated heterocycles. The van der Waals surface area contributed by atoms with E-state index >= 15 is 0 Å². The normalized spacial score (nSPS) is 17.9. The van der Waals surface area contributed by atoms with Gasteiger partial charge in [-0.3, -0.25) is 14.4 Å². The fourth-order valence-electron chi connectivity index (χ4n) is 3.08. The number of furan rings is 1. The second-order valence-corrected chi connectivity index (χ2v) is 5.79. The number of rotatable bonds is 3. The smallest absolute Gasteiger partial charge is 0.310 e. The van der Waals surface area contributed by atoms with E-state index in [1.54, 1.807) is 18.7 Å². The van der Waals surface area contributed by atoms with E-state index in [4.69, 9.17) is 9.15 Å². The maximum atomic E-state index is 12.9. The summed E-state index contributed by atoms with van der Waals surface area (Å²) in [6.45, 7) is 4.50. The highest BCUT2D eigenvalue weighted by molar-refractivity contribution is 6.06. The molecule has 128 valence electrons. The summed E-state index contributed by atoms with van der Waals surface area (Å²) in [5.41, 5.74) is -0.0680. The van der Waals surface area contributed by atoms with Crippen LogP contribution in [0.15, 0.2) is 15.5 Å². The average molecular weight is 333 g/mol. The Morgan fingerprint density at radius 1 is 1.50 bits per heavy atom. The molecule has 1 unspecified atom stereocenters. The summed E-state index contributed by atoms with van der Waals surface area (Å²) in [7, 11) is 0. The zero-order valence-electron chi connectivity index (χ0n) is 13.6. The number of hydrogen-bond donors (Lipinski definition) is 1. The van der Waals surface area contributed by atoms with Gasteiger partial charge in [0, 0.05) is 13.1 Å². The van der Waals surface area contributed by atoms with Gasteiger partial charge in [0.2, 0.25) is 5.71 Å². The van der Waals surface area contributed by atoms with Gasteiger partial charge in [-0.05, 0) is 26.7 Å². The lowest BCUT2D eigenvalue weighted by Crippen LogP contribution is -2.43. The fourth-order valence-corrected chi connectivity index (χ4v) is 3.08. The van der Waals surface area contributed by atoms with Gasteiger partial charge in [0.25, 0.3) is 11.5 Å². The van der Waals surface area contributed by atoms with Crippen LogP contribution in [0.1, 0.15) is 35.9 Å². The number of aryl methyl sites for hydroxylation is 1. The Balaban J connectivity index is 1.91. The number of nitrogens with zero attached hydrogens (tertiary/aromatic N) is 2. The van der Waals surface area contributed by atoms with Crippen molar-refractivity contribution in [1.29, 1.82) is 0 Å². The number of esters is 1. The zero-order valence-corrected chi connectivity index (χ0v) is 13.6. The van der Waals surface area contributed by atoms with E-state index in [9.17, 15) is 14.4 Å². The SMILES string of the molecule is CCOC(=O)C1CCCN(C(=O)c2c(C)oc3nc[nH]c(=O)c23)C1. The van der Waals surface area contributed by atoms with Crippen LogP contribution in [0.25, 0.3) is 11.1 Å². The van der Waals surface area contributed by atoms with Gasteiger partial charge < -0.3 is 19.0 Å². The molecule has 0 saturated carbocycles. The molecule has 8 heteroatoms. The first-order valence-corrected chi connectivity index (χ1v) is 7.95. The van der Waals surface area contributed by atoms with E-state index in [0.29, 0.717) is 31.8 Å². The third-order valence-corrected chi connectivity index (χ3v) is 4.21. The van der Waals surface area contributed by atoms with Gasteiger partial charge in [-0.15, -0.1) is 0 Å². The number of aromatic nitrogens is 2. The van der Waals surface area contributed by atoms with E-state index in [2.05, 4.69) is 9.97 Å². The van der Waals surface area contributed by atoms with Crippen molar-refractivity contribution in [2.45, 2.75) is 26.7 Å². The topological polar surface area (TPSA) is 106 Å². The van der Waals surface area contributed by atoms with Gasteiger partial charge in [0.1, 0.15) is 11.1 Å². The molecular weight excluding hydrogens is 314 g/mol. The lowest BCUT2D eigenvalue weighted by molar-refractivity contribution is -0.149. The summed E-state index contributed by atoms with van der Waals surface area (Å²) >= 11 is 0.